The Balaban J connectivity index is 1.59. The number of methoxy groups -OCH3 is 1. The Bertz CT molecular complexity index is 1230. The normalized spacial score (nSPS) is 14.1. The number of halogens is 2. The quantitative estimate of drug-likeness (QED) is 0.450. The summed E-state index contributed by atoms with van der Waals surface area (Å²) in [6.07, 6.45) is 2.24. The Morgan fingerprint density at radius 3 is 2.79 bits per heavy atom. The minimum Gasteiger partial charge on any atom is -0.506 e. The molecular formula is C24H24ClFN4O4. The molecule has 1 fully saturated rings. The second kappa shape index (κ2) is 10.7. The number of morpholine rings is 1. The molecule has 0 atom stereocenters. The van der Waals surface area contributed by atoms with Gasteiger partial charge in [-0.05, 0) is 18.6 Å². The molecule has 178 valence electrons. The maximum absolute atomic E-state index is 14.5. The molecule has 2 aromatic carbocycles. The predicted octanol–water partition coefficient (Wildman–Crippen LogP) is 4.46. The Morgan fingerprint density at radius 2 is 2.06 bits per heavy atom. The number of aromatic hydroxyl groups is 1. The van der Waals surface area contributed by atoms with Gasteiger partial charge in [0.05, 0.1) is 54.4 Å². The molecule has 8 nitrogen and oxygen atoms in total. The number of hydrogen-bond donors (Lipinski definition) is 2. The third-order valence-electron chi connectivity index (χ3n) is 5.55. The Kier molecular flexibility index (Phi) is 7.53. The summed E-state index contributed by atoms with van der Waals surface area (Å²) in [6.45, 7) is 4.77. The molecule has 0 radical (unpaired) electrons. The van der Waals surface area contributed by atoms with Crippen LogP contribution in [0, 0.1) is 17.1 Å². The second-order valence-corrected chi connectivity index (χ2v) is 8.15. The number of pyridine rings is 1. The van der Waals surface area contributed by atoms with E-state index in [1.54, 1.807) is 12.1 Å². The number of nitrogens with zero attached hydrogens (tertiary/aromatic N) is 3. The molecule has 2 N–H and O–H groups in total. The van der Waals surface area contributed by atoms with E-state index >= 15 is 0 Å². The van der Waals surface area contributed by atoms with Crippen LogP contribution in [0.5, 0.6) is 17.2 Å². The zero-order valence-electron chi connectivity index (χ0n) is 18.6. The molecule has 0 saturated carbocycles. The first-order chi connectivity index (χ1) is 16.5. The van der Waals surface area contributed by atoms with Gasteiger partial charge in [-0.2, -0.15) is 5.26 Å². The first-order valence-electron chi connectivity index (χ1n) is 10.8. The van der Waals surface area contributed by atoms with Crippen LogP contribution in [0.2, 0.25) is 5.02 Å². The van der Waals surface area contributed by atoms with Crippen LogP contribution in [0.1, 0.15) is 12.0 Å². The fourth-order valence-corrected chi connectivity index (χ4v) is 3.91. The number of fused-ring (bicyclic) bond motifs is 1. The molecule has 1 aliphatic heterocycles. The lowest BCUT2D eigenvalue weighted by atomic mass is 10.1. The summed E-state index contributed by atoms with van der Waals surface area (Å²) in [5.41, 5.74) is 1.02. The molecule has 1 aromatic heterocycles. The van der Waals surface area contributed by atoms with Gasteiger partial charge in [-0.15, -0.1) is 0 Å². The van der Waals surface area contributed by atoms with Gasteiger partial charge in [0.25, 0.3) is 0 Å². The van der Waals surface area contributed by atoms with Gasteiger partial charge in [-0.1, -0.05) is 11.6 Å². The number of ether oxygens (including phenoxy) is 3. The van der Waals surface area contributed by atoms with Gasteiger partial charge in [0.1, 0.15) is 17.6 Å². The highest BCUT2D eigenvalue weighted by Crippen LogP contribution is 2.38. The molecule has 10 heteroatoms. The average Bonchev–Trinajstić information content (AvgIpc) is 2.85. The number of nitrogens with one attached hydrogen (secondary N) is 1. The van der Waals surface area contributed by atoms with Crippen LogP contribution >= 0.6 is 11.6 Å². The molecule has 1 saturated heterocycles. The smallest absolute Gasteiger partial charge is 0.163 e. The van der Waals surface area contributed by atoms with E-state index in [2.05, 4.69) is 21.3 Å². The Morgan fingerprint density at radius 1 is 1.26 bits per heavy atom. The molecule has 0 amide bonds. The third-order valence-corrected chi connectivity index (χ3v) is 5.85. The lowest BCUT2D eigenvalue weighted by Crippen LogP contribution is -2.37. The van der Waals surface area contributed by atoms with Crippen molar-refractivity contribution >= 4 is 33.9 Å². The van der Waals surface area contributed by atoms with Crippen molar-refractivity contribution in [1.82, 2.24) is 9.88 Å². The van der Waals surface area contributed by atoms with Crippen LogP contribution in [0.3, 0.4) is 0 Å². The fraction of sp³-hybridized carbons (Fsp3) is 0.333. The van der Waals surface area contributed by atoms with Gasteiger partial charge in [0.2, 0.25) is 0 Å². The van der Waals surface area contributed by atoms with E-state index in [0.717, 1.165) is 51.4 Å². The van der Waals surface area contributed by atoms with E-state index in [-0.39, 0.29) is 22.0 Å². The van der Waals surface area contributed by atoms with Crippen molar-refractivity contribution < 1.29 is 23.7 Å². The summed E-state index contributed by atoms with van der Waals surface area (Å²) in [5.74, 6) is 0.0188. The zero-order chi connectivity index (χ0) is 24.1. The summed E-state index contributed by atoms with van der Waals surface area (Å²) in [7, 11) is 1.52. The van der Waals surface area contributed by atoms with E-state index in [4.69, 9.17) is 25.8 Å². The summed E-state index contributed by atoms with van der Waals surface area (Å²) in [5, 5.41) is 22.8. The van der Waals surface area contributed by atoms with Gasteiger partial charge >= 0.3 is 0 Å². The summed E-state index contributed by atoms with van der Waals surface area (Å²) < 4.78 is 31.3. The molecule has 0 aliphatic carbocycles. The minimum atomic E-state index is -0.677. The first kappa shape index (κ1) is 23.8. The van der Waals surface area contributed by atoms with Gasteiger partial charge < -0.3 is 24.6 Å². The summed E-state index contributed by atoms with van der Waals surface area (Å²) in [6, 6.07) is 7.63. The van der Waals surface area contributed by atoms with Gasteiger partial charge in [0, 0.05) is 43.4 Å². The van der Waals surface area contributed by atoms with Crippen molar-refractivity contribution in [3.8, 4) is 23.3 Å². The van der Waals surface area contributed by atoms with Gasteiger partial charge in [-0.25, -0.2) is 4.39 Å². The standard InChI is InChI=1S/C24H24ClFN4O4/c1-32-22-9-16-19(12-23(22)34-6-2-3-30-4-7-33-8-5-30)28-14-15(13-27)24(16)29-20-11-21(31)17(25)10-18(20)26/h9-12,14,31H,2-8H2,1H3,(H,28,29). The second-order valence-electron chi connectivity index (χ2n) is 7.74. The number of benzene rings is 2. The van der Waals surface area contributed by atoms with Crippen molar-refractivity contribution in [2.24, 2.45) is 0 Å². The van der Waals surface area contributed by atoms with E-state index < -0.39 is 5.82 Å². The fourth-order valence-electron chi connectivity index (χ4n) is 3.75. The molecule has 34 heavy (non-hydrogen) atoms. The maximum atomic E-state index is 14.5. The summed E-state index contributed by atoms with van der Waals surface area (Å²) >= 11 is 5.78. The highest BCUT2D eigenvalue weighted by Gasteiger charge is 2.17. The largest absolute Gasteiger partial charge is 0.506 e. The van der Waals surface area contributed by atoms with E-state index in [1.165, 1.54) is 13.3 Å². The van der Waals surface area contributed by atoms with Crippen LogP contribution in [0.4, 0.5) is 15.8 Å². The topological polar surface area (TPSA) is 99.9 Å². The van der Waals surface area contributed by atoms with Crippen molar-refractivity contribution in [3.63, 3.8) is 0 Å². The van der Waals surface area contributed by atoms with Gasteiger partial charge in [0.15, 0.2) is 11.5 Å². The molecule has 4 rings (SSSR count). The maximum Gasteiger partial charge on any atom is 0.163 e. The number of hydrogen-bond acceptors (Lipinski definition) is 8. The number of phenolic OH excluding ortho intramolecular Hbond substituents is 1. The molecule has 1 aliphatic rings. The van der Waals surface area contributed by atoms with Crippen LogP contribution < -0.4 is 14.8 Å². The predicted molar refractivity (Wildman–Crippen MR) is 127 cm³/mol. The van der Waals surface area contributed by atoms with Crippen molar-refractivity contribution in [2.45, 2.75) is 6.42 Å². The van der Waals surface area contributed by atoms with E-state index in [9.17, 15) is 14.8 Å². The minimum absolute atomic E-state index is 0.0340. The molecule has 0 unspecified atom stereocenters. The SMILES string of the molecule is COc1cc2c(Nc3cc(O)c(Cl)cc3F)c(C#N)cnc2cc1OCCCN1CCOCC1. The van der Waals surface area contributed by atoms with Crippen molar-refractivity contribution in [2.75, 3.05) is 51.9 Å². The third kappa shape index (κ3) is 5.25. The monoisotopic (exact) mass is 486 g/mol. The lowest BCUT2D eigenvalue weighted by molar-refractivity contribution is 0.0357. The highest BCUT2D eigenvalue weighted by molar-refractivity contribution is 6.32. The van der Waals surface area contributed by atoms with Crippen LogP contribution in [-0.2, 0) is 4.74 Å². The van der Waals surface area contributed by atoms with Crippen molar-refractivity contribution in [1.29, 1.82) is 5.26 Å². The molecule has 2 heterocycles. The average molecular weight is 487 g/mol. The van der Waals surface area contributed by atoms with Crippen LogP contribution in [-0.4, -0.2) is 61.6 Å². The summed E-state index contributed by atoms with van der Waals surface area (Å²) in [4.78, 5) is 6.70. The van der Waals surface area contributed by atoms with Crippen LogP contribution in [0.15, 0.2) is 30.5 Å². The van der Waals surface area contributed by atoms with E-state index in [0.29, 0.717) is 34.7 Å². The van der Waals surface area contributed by atoms with Gasteiger partial charge in [-0.3, -0.25) is 9.88 Å². The molecule has 3 aromatic rings. The number of phenols is 1. The highest BCUT2D eigenvalue weighted by atomic mass is 35.5. The number of aromatic nitrogens is 1. The lowest BCUT2D eigenvalue weighted by Gasteiger charge is -2.26. The number of anilines is 2. The van der Waals surface area contributed by atoms with Crippen molar-refractivity contribution in [3.05, 3.63) is 46.9 Å². The number of nitriles is 1. The Hall–Kier alpha value is -3.32. The first-order valence-corrected chi connectivity index (χ1v) is 11.2. The number of rotatable bonds is 8. The zero-order valence-corrected chi connectivity index (χ0v) is 19.4. The molecular weight excluding hydrogens is 463 g/mol. The Labute approximate surface area is 201 Å². The molecule has 0 bridgehead atoms. The van der Waals surface area contributed by atoms with E-state index in [1.807, 2.05) is 0 Å². The van der Waals surface area contributed by atoms with Crippen LogP contribution in [0.25, 0.3) is 10.9 Å². The molecule has 0 spiro atoms.